The molecule has 3 rings (SSSR count). The second-order valence-electron chi connectivity index (χ2n) is 5.15. The summed E-state index contributed by atoms with van der Waals surface area (Å²) in [6.07, 6.45) is 1.79. The van der Waals surface area contributed by atoms with E-state index in [1.165, 1.54) is 12.1 Å². The van der Waals surface area contributed by atoms with E-state index in [0.717, 1.165) is 24.1 Å². The Balaban J connectivity index is 1.87. The molecular weight excluding hydrogens is 257 g/mol. The summed E-state index contributed by atoms with van der Waals surface area (Å²) in [4.78, 5) is 14.3. The zero-order chi connectivity index (χ0) is 14.1. The smallest absolute Gasteiger partial charge is 0.274 e. The molecule has 0 spiro atoms. The summed E-state index contributed by atoms with van der Waals surface area (Å²) in [5.41, 5.74) is 2.13. The predicted molar refractivity (Wildman–Crippen MR) is 72.7 cm³/mol. The maximum Gasteiger partial charge on any atom is 0.274 e. The molecule has 1 amide bonds. The predicted octanol–water partition coefficient (Wildman–Crippen LogP) is 2.83. The van der Waals surface area contributed by atoms with Crippen molar-refractivity contribution in [3.8, 4) is 0 Å². The number of nitrogens with zero attached hydrogens (tertiary/aromatic N) is 2. The molecule has 0 saturated carbocycles. The van der Waals surface area contributed by atoms with Gasteiger partial charge in [-0.2, -0.15) is 5.10 Å². The number of likely N-dealkylation sites (tertiary alicyclic amines) is 1. The van der Waals surface area contributed by atoms with Gasteiger partial charge in [0.2, 0.25) is 0 Å². The fourth-order valence-electron chi connectivity index (χ4n) is 2.74. The number of benzene rings is 1. The highest BCUT2D eigenvalue weighted by Gasteiger charge is 2.31. The van der Waals surface area contributed by atoms with E-state index in [4.69, 9.17) is 0 Å². The highest BCUT2D eigenvalue weighted by Crippen LogP contribution is 2.33. The normalized spacial score (nSPS) is 18.5. The van der Waals surface area contributed by atoms with Crippen molar-refractivity contribution in [2.24, 2.45) is 0 Å². The van der Waals surface area contributed by atoms with Crippen LogP contribution in [0, 0.1) is 12.7 Å². The van der Waals surface area contributed by atoms with Gasteiger partial charge in [0.05, 0.1) is 6.04 Å². The van der Waals surface area contributed by atoms with E-state index >= 15 is 0 Å². The van der Waals surface area contributed by atoms with Crippen LogP contribution in [0.2, 0.25) is 0 Å². The van der Waals surface area contributed by atoms with E-state index in [1.54, 1.807) is 17.0 Å². The summed E-state index contributed by atoms with van der Waals surface area (Å²) in [6.45, 7) is 2.55. The fraction of sp³-hybridized carbons (Fsp3) is 0.333. The number of hydrogen-bond acceptors (Lipinski definition) is 2. The van der Waals surface area contributed by atoms with Crippen molar-refractivity contribution in [3.05, 3.63) is 53.1 Å². The first kappa shape index (κ1) is 12.8. The van der Waals surface area contributed by atoms with Crippen molar-refractivity contribution in [2.45, 2.75) is 25.8 Å². The molecule has 4 nitrogen and oxygen atoms in total. The van der Waals surface area contributed by atoms with Gasteiger partial charge in [-0.05, 0) is 43.5 Å². The quantitative estimate of drug-likeness (QED) is 0.914. The maximum absolute atomic E-state index is 13.4. The Morgan fingerprint density at radius 1 is 1.45 bits per heavy atom. The molecule has 5 heteroatoms. The number of carbonyl (C=O) groups excluding carboxylic acids is 1. The van der Waals surface area contributed by atoms with Gasteiger partial charge in [0, 0.05) is 12.2 Å². The van der Waals surface area contributed by atoms with Gasteiger partial charge in [0.15, 0.2) is 0 Å². The molecule has 1 saturated heterocycles. The molecule has 104 valence electrons. The van der Waals surface area contributed by atoms with Gasteiger partial charge in [0.1, 0.15) is 11.5 Å². The molecule has 0 bridgehead atoms. The first-order chi connectivity index (χ1) is 9.65. The van der Waals surface area contributed by atoms with Crippen LogP contribution in [0.3, 0.4) is 0 Å². The average molecular weight is 273 g/mol. The minimum absolute atomic E-state index is 0.0600. The lowest BCUT2D eigenvalue weighted by atomic mass is 10.0. The van der Waals surface area contributed by atoms with Gasteiger partial charge in [-0.15, -0.1) is 0 Å². The molecule has 1 atom stereocenters. The Hall–Kier alpha value is -2.17. The van der Waals surface area contributed by atoms with Crippen LogP contribution in [0.5, 0.6) is 0 Å². The molecule has 0 radical (unpaired) electrons. The number of aryl methyl sites for hydroxylation is 1. The van der Waals surface area contributed by atoms with Crippen LogP contribution >= 0.6 is 0 Å². The summed E-state index contributed by atoms with van der Waals surface area (Å²) in [7, 11) is 0. The number of aromatic nitrogens is 2. The first-order valence-corrected chi connectivity index (χ1v) is 6.73. The van der Waals surface area contributed by atoms with Crippen molar-refractivity contribution in [3.63, 3.8) is 0 Å². The van der Waals surface area contributed by atoms with Crippen LogP contribution in [-0.4, -0.2) is 27.5 Å². The Morgan fingerprint density at radius 3 is 3.00 bits per heavy atom. The summed E-state index contributed by atoms with van der Waals surface area (Å²) in [5, 5.41) is 6.79. The van der Waals surface area contributed by atoms with Crippen LogP contribution in [-0.2, 0) is 0 Å². The Bertz CT molecular complexity index is 638. The van der Waals surface area contributed by atoms with Crippen molar-refractivity contribution in [2.75, 3.05) is 6.54 Å². The van der Waals surface area contributed by atoms with Gasteiger partial charge < -0.3 is 4.90 Å². The molecule has 1 aliphatic rings. The van der Waals surface area contributed by atoms with Crippen LogP contribution < -0.4 is 0 Å². The summed E-state index contributed by atoms with van der Waals surface area (Å²) >= 11 is 0. The van der Waals surface area contributed by atoms with E-state index < -0.39 is 0 Å². The minimum atomic E-state index is -0.266. The lowest BCUT2D eigenvalue weighted by Gasteiger charge is -2.24. The highest BCUT2D eigenvalue weighted by atomic mass is 19.1. The van der Waals surface area contributed by atoms with Crippen molar-refractivity contribution < 1.29 is 9.18 Å². The van der Waals surface area contributed by atoms with E-state index in [-0.39, 0.29) is 17.8 Å². The lowest BCUT2D eigenvalue weighted by molar-refractivity contribution is 0.0729. The third-order valence-electron chi connectivity index (χ3n) is 3.67. The Morgan fingerprint density at radius 2 is 2.30 bits per heavy atom. The summed E-state index contributed by atoms with van der Waals surface area (Å²) in [6, 6.07) is 8.16. The monoisotopic (exact) mass is 273 g/mol. The third kappa shape index (κ3) is 2.31. The Labute approximate surface area is 116 Å². The lowest BCUT2D eigenvalue weighted by Crippen LogP contribution is -2.30. The maximum atomic E-state index is 13.4. The standard InChI is InChI=1S/C15H16FN3O/c1-10-8-13(18-17-10)15(20)19-7-3-6-14(19)11-4-2-5-12(16)9-11/h2,4-5,8-9,14H,3,6-7H2,1H3,(H,17,18)/t14-/m0/s1. The number of H-pyrrole nitrogens is 1. The molecule has 2 aromatic rings. The van der Waals surface area contributed by atoms with Crippen molar-refractivity contribution >= 4 is 5.91 Å². The summed E-state index contributed by atoms with van der Waals surface area (Å²) in [5.74, 6) is -0.362. The molecule has 1 N–H and O–H groups in total. The molecule has 1 aromatic carbocycles. The molecule has 1 fully saturated rings. The number of aromatic amines is 1. The molecular formula is C15H16FN3O. The van der Waals surface area contributed by atoms with E-state index in [2.05, 4.69) is 10.2 Å². The largest absolute Gasteiger partial charge is 0.330 e. The van der Waals surface area contributed by atoms with Crippen LogP contribution in [0.15, 0.2) is 30.3 Å². The van der Waals surface area contributed by atoms with Crippen LogP contribution in [0.1, 0.15) is 40.6 Å². The molecule has 0 aliphatic carbocycles. The van der Waals surface area contributed by atoms with Crippen molar-refractivity contribution in [1.82, 2.24) is 15.1 Å². The molecule has 20 heavy (non-hydrogen) atoms. The number of rotatable bonds is 2. The number of nitrogens with one attached hydrogen (secondary N) is 1. The van der Waals surface area contributed by atoms with Gasteiger partial charge in [0.25, 0.3) is 5.91 Å². The van der Waals surface area contributed by atoms with Crippen LogP contribution in [0.4, 0.5) is 4.39 Å². The van der Waals surface area contributed by atoms with Crippen LogP contribution in [0.25, 0.3) is 0 Å². The third-order valence-corrected chi connectivity index (χ3v) is 3.67. The molecule has 2 heterocycles. The number of amides is 1. The number of carbonyl (C=O) groups is 1. The molecule has 1 aromatic heterocycles. The topological polar surface area (TPSA) is 49.0 Å². The van der Waals surface area contributed by atoms with E-state index in [0.29, 0.717) is 12.2 Å². The van der Waals surface area contributed by atoms with Gasteiger partial charge >= 0.3 is 0 Å². The number of hydrogen-bond donors (Lipinski definition) is 1. The fourth-order valence-corrected chi connectivity index (χ4v) is 2.74. The van der Waals surface area contributed by atoms with Crippen molar-refractivity contribution in [1.29, 1.82) is 0 Å². The average Bonchev–Trinajstić information content (AvgIpc) is 3.06. The highest BCUT2D eigenvalue weighted by molar-refractivity contribution is 5.92. The van der Waals surface area contributed by atoms with Gasteiger partial charge in [-0.3, -0.25) is 9.89 Å². The zero-order valence-electron chi connectivity index (χ0n) is 11.3. The van der Waals surface area contributed by atoms with Gasteiger partial charge in [-0.25, -0.2) is 4.39 Å². The van der Waals surface area contributed by atoms with E-state index in [9.17, 15) is 9.18 Å². The van der Waals surface area contributed by atoms with E-state index in [1.807, 2.05) is 13.0 Å². The zero-order valence-corrected chi connectivity index (χ0v) is 11.3. The number of halogens is 1. The Kier molecular flexibility index (Phi) is 3.26. The van der Waals surface area contributed by atoms with Gasteiger partial charge in [-0.1, -0.05) is 12.1 Å². The molecule has 1 aliphatic heterocycles. The SMILES string of the molecule is Cc1cc(C(=O)N2CCC[C@H]2c2cccc(F)c2)n[nH]1. The second-order valence-corrected chi connectivity index (χ2v) is 5.15. The minimum Gasteiger partial charge on any atom is -0.330 e. The summed E-state index contributed by atoms with van der Waals surface area (Å²) < 4.78 is 13.4. The second kappa shape index (κ2) is 5.07. The first-order valence-electron chi connectivity index (χ1n) is 6.73. The molecule has 0 unspecified atom stereocenters.